The van der Waals surface area contributed by atoms with Crippen LogP contribution < -0.4 is 5.73 Å². The molecule has 1 aromatic rings. The number of hydrogen-bond donors (Lipinski definition) is 1. The average Bonchev–Trinajstić information content (AvgIpc) is 3.02. The maximum absolute atomic E-state index is 12.5. The molecule has 3 nitrogen and oxygen atoms in total. The zero-order valence-corrected chi connectivity index (χ0v) is 12.2. The van der Waals surface area contributed by atoms with E-state index < -0.39 is 0 Å². The van der Waals surface area contributed by atoms with E-state index in [1.54, 1.807) is 0 Å². The summed E-state index contributed by atoms with van der Waals surface area (Å²) in [6, 6.07) is 10.6. The molecule has 1 aliphatic heterocycles. The standard InChI is InChI=1S/C17H24N2O/c1-12(13-5-3-2-4-6-13)9-17(20)19-10-14-7-8-16(18)15(14)11-19/h2-6,12,14-16H,7-11,18H2,1H3. The fourth-order valence-corrected chi connectivity index (χ4v) is 3.80. The van der Waals surface area contributed by atoms with Gasteiger partial charge in [0.1, 0.15) is 0 Å². The van der Waals surface area contributed by atoms with Gasteiger partial charge in [-0.15, -0.1) is 0 Å². The largest absolute Gasteiger partial charge is 0.342 e. The van der Waals surface area contributed by atoms with Gasteiger partial charge in [0, 0.05) is 25.6 Å². The quantitative estimate of drug-likeness (QED) is 0.918. The molecule has 3 heteroatoms. The molecule has 1 aromatic carbocycles. The third-order valence-corrected chi connectivity index (χ3v) is 5.11. The third-order valence-electron chi connectivity index (χ3n) is 5.11. The van der Waals surface area contributed by atoms with Crippen LogP contribution in [-0.4, -0.2) is 29.9 Å². The maximum atomic E-state index is 12.5. The predicted octanol–water partition coefficient (Wildman–Crippen LogP) is 2.38. The van der Waals surface area contributed by atoms with Crippen molar-refractivity contribution in [3.05, 3.63) is 35.9 Å². The number of amides is 1. The zero-order chi connectivity index (χ0) is 14.1. The van der Waals surface area contributed by atoms with Crippen molar-refractivity contribution in [1.29, 1.82) is 0 Å². The molecule has 1 saturated heterocycles. The topological polar surface area (TPSA) is 46.3 Å². The van der Waals surface area contributed by atoms with Crippen LogP contribution >= 0.6 is 0 Å². The second-order valence-electron chi connectivity index (χ2n) is 6.48. The van der Waals surface area contributed by atoms with Gasteiger partial charge in [0.05, 0.1) is 0 Å². The number of nitrogens with zero attached hydrogens (tertiary/aromatic N) is 1. The minimum Gasteiger partial charge on any atom is -0.342 e. The summed E-state index contributed by atoms with van der Waals surface area (Å²) in [4.78, 5) is 14.5. The molecule has 1 amide bonds. The highest BCUT2D eigenvalue weighted by atomic mass is 16.2. The summed E-state index contributed by atoms with van der Waals surface area (Å²) >= 11 is 0. The Kier molecular flexibility index (Phi) is 3.79. The van der Waals surface area contributed by atoms with Crippen LogP contribution in [0.5, 0.6) is 0 Å². The van der Waals surface area contributed by atoms with Crippen molar-refractivity contribution in [3.63, 3.8) is 0 Å². The van der Waals surface area contributed by atoms with Crippen LogP contribution in [0.15, 0.2) is 30.3 Å². The molecule has 0 spiro atoms. The molecule has 2 aliphatic rings. The number of carbonyl (C=O) groups excluding carboxylic acids is 1. The molecule has 0 radical (unpaired) electrons. The Morgan fingerprint density at radius 3 is 2.75 bits per heavy atom. The van der Waals surface area contributed by atoms with Gasteiger partial charge in [-0.1, -0.05) is 37.3 Å². The Morgan fingerprint density at radius 1 is 1.30 bits per heavy atom. The number of hydrogen-bond acceptors (Lipinski definition) is 2. The molecular formula is C17H24N2O. The SMILES string of the molecule is CC(CC(=O)N1CC2CCC(N)C2C1)c1ccccc1. The fourth-order valence-electron chi connectivity index (χ4n) is 3.80. The van der Waals surface area contributed by atoms with E-state index in [2.05, 4.69) is 19.1 Å². The van der Waals surface area contributed by atoms with Gasteiger partial charge in [0.2, 0.25) is 5.91 Å². The van der Waals surface area contributed by atoms with Gasteiger partial charge >= 0.3 is 0 Å². The monoisotopic (exact) mass is 272 g/mol. The molecule has 1 saturated carbocycles. The van der Waals surface area contributed by atoms with Crippen molar-refractivity contribution in [1.82, 2.24) is 4.90 Å². The number of benzene rings is 1. The highest BCUT2D eigenvalue weighted by molar-refractivity contribution is 5.77. The summed E-state index contributed by atoms with van der Waals surface area (Å²) in [7, 11) is 0. The van der Waals surface area contributed by atoms with E-state index in [0.717, 1.165) is 19.5 Å². The summed E-state index contributed by atoms with van der Waals surface area (Å²) in [6.45, 7) is 3.95. The van der Waals surface area contributed by atoms with Crippen LogP contribution in [0.25, 0.3) is 0 Å². The first-order valence-electron chi connectivity index (χ1n) is 7.73. The van der Waals surface area contributed by atoms with Gasteiger partial charge in [-0.3, -0.25) is 4.79 Å². The van der Waals surface area contributed by atoms with E-state index in [0.29, 0.717) is 30.2 Å². The lowest BCUT2D eigenvalue weighted by Crippen LogP contribution is -2.33. The molecule has 0 aromatic heterocycles. The molecule has 2 N–H and O–H groups in total. The molecule has 0 bridgehead atoms. The molecule has 4 unspecified atom stereocenters. The first-order valence-corrected chi connectivity index (χ1v) is 7.73. The van der Waals surface area contributed by atoms with Gasteiger partial charge in [0.25, 0.3) is 0 Å². The van der Waals surface area contributed by atoms with Crippen LogP contribution in [0.1, 0.15) is 37.7 Å². The van der Waals surface area contributed by atoms with Crippen molar-refractivity contribution >= 4 is 5.91 Å². The Bertz CT molecular complexity index is 473. The molecule has 3 rings (SSSR count). The predicted molar refractivity (Wildman–Crippen MR) is 80.2 cm³/mol. The van der Waals surface area contributed by atoms with Crippen LogP contribution in [0.2, 0.25) is 0 Å². The van der Waals surface area contributed by atoms with Gasteiger partial charge in [-0.25, -0.2) is 0 Å². The highest BCUT2D eigenvalue weighted by Gasteiger charge is 2.42. The lowest BCUT2D eigenvalue weighted by Gasteiger charge is -2.21. The van der Waals surface area contributed by atoms with E-state index in [4.69, 9.17) is 5.73 Å². The number of likely N-dealkylation sites (tertiary alicyclic amines) is 1. The smallest absolute Gasteiger partial charge is 0.223 e. The Labute approximate surface area is 121 Å². The number of fused-ring (bicyclic) bond motifs is 1. The maximum Gasteiger partial charge on any atom is 0.223 e. The summed E-state index contributed by atoms with van der Waals surface area (Å²) < 4.78 is 0. The zero-order valence-electron chi connectivity index (χ0n) is 12.2. The number of carbonyl (C=O) groups is 1. The number of rotatable bonds is 3. The lowest BCUT2D eigenvalue weighted by molar-refractivity contribution is -0.130. The normalized spacial score (nSPS) is 30.3. The van der Waals surface area contributed by atoms with Gasteiger partial charge in [0.15, 0.2) is 0 Å². The molecule has 2 fully saturated rings. The second kappa shape index (κ2) is 5.57. The van der Waals surface area contributed by atoms with Gasteiger partial charge in [-0.2, -0.15) is 0 Å². The molecule has 1 heterocycles. The second-order valence-corrected chi connectivity index (χ2v) is 6.48. The van der Waals surface area contributed by atoms with Crippen molar-refractivity contribution in [2.24, 2.45) is 17.6 Å². The summed E-state index contributed by atoms with van der Waals surface area (Å²) in [5.74, 6) is 1.78. The Morgan fingerprint density at radius 2 is 2.05 bits per heavy atom. The molecule has 1 aliphatic carbocycles. The minimum absolute atomic E-state index is 0.290. The van der Waals surface area contributed by atoms with Gasteiger partial charge < -0.3 is 10.6 Å². The molecule has 20 heavy (non-hydrogen) atoms. The molecular weight excluding hydrogens is 248 g/mol. The lowest BCUT2D eigenvalue weighted by atomic mass is 9.97. The van der Waals surface area contributed by atoms with Crippen LogP contribution in [0.3, 0.4) is 0 Å². The average molecular weight is 272 g/mol. The van der Waals surface area contributed by atoms with E-state index in [1.807, 2.05) is 23.1 Å². The summed E-state index contributed by atoms with van der Waals surface area (Å²) in [5, 5.41) is 0. The summed E-state index contributed by atoms with van der Waals surface area (Å²) in [5.41, 5.74) is 7.38. The van der Waals surface area contributed by atoms with Crippen molar-refractivity contribution in [2.45, 2.75) is 38.1 Å². The molecule has 4 atom stereocenters. The Balaban J connectivity index is 1.58. The van der Waals surface area contributed by atoms with Crippen LogP contribution in [-0.2, 0) is 4.79 Å². The van der Waals surface area contributed by atoms with Crippen LogP contribution in [0, 0.1) is 11.8 Å². The van der Waals surface area contributed by atoms with Crippen molar-refractivity contribution in [3.8, 4) is 0 Å². The van der Waals surface area contributed by atoms with E-state index in [9.17, 15) is 4.79 Å². The minimum atomic E-state index is 0.290. The molecule has 108 valence electrons. The van der Waals surface area contributed by atoms with Crippen molar-refractivity contribution < 1.29 is 4.79 Å². The van der Waals surface area contributed by atoms with E-state index >= 15 is 0 Å². The highest BCUT2D eigenvalue weighted by Crippen LogP contribution is 2.37. The first-order chi connectivity index (χ1) is 9.65. The Hall–Kier alpha value is -1.35. The summed E-state index contributed by atoms with van der Waals surface area (Å²) in [6.07, 6.45) is 2.94. The third kappa shape index (κ3) is 2.59. The van der Waals surface area contributed by atoms with E-state index in [-0.39, 0.29) is 5.92 Å². The fraction of sp³-hybridized carbons (Fsp3) is 0.588. The van der Waals surface area contributed by atoms with Crippen LogP contribution in [0.4, 0.5) is 0 Å². The van der Waals surface area contributed by atoms with E-state index in [1.165, 1.54) is 12.0 Å². The number of nitrogens with two attached hydrogens (primary N) is 1. The van der Waals surface area contributed by atoms with Gasteiger partial charge in [-0.05, 0) is 36.2 Å². The van der Waals surface area contributed by atoms with Crippen molar-refractivity contribution in [2.75, 3.05) is 13.1 Å². The first kappa shape index (κ1) is 13.6.